The minimum atomic E-state index is 0.00269. The number of rotatable bonds is 14. The lowest BCUT2D eigenvalue weighted by molar-refractivity contribution is 0.0436. The summed E-state index contributed by atoms with van der Waals surface area (Å²) < 4.78 is 26.7. The summed E-state index contributed by atoms with van der Waals surface area (Å²) >= 11 is 21.7. The van der Waals surface area contributed by atoms with Gasteiger partial charge in [-0.2, -0.15) is 0 Å². The van der Waals surface area contributed by atoms with Gasteiger partial charge in [0.25, 0.3) is 0 Å². The van der Waals surface area contributed by atoms with Gasteiger partial charge >= 0.3 is 0 Å². The van der Waals surface area contributed by atoms with E-state index in [2.05, 4.69) is 120 Å². The second-order valence-corrected chi connectivity index (χ2v) is 12.4. The fourth-order valence-electron chi connectivity index (χ4n) is 2.96. The van der Waals surface area contributed by atoms with E-state index >= 15 is 0 Å². The van der Waals surface area contributed by atoms with E-state index in [0.29, 0.717) is 33.0 Å². The maximum absolute atomic E-state index is 6.01. The predicted octanol–water partition coefficient (Wildman–Crippen LogP) is 8.69. The molecule has 0 N–H and O–H groups in total. The molecule has 2 unspecified atom stereocenters. The molecule has 0 aliphatic rings. The van der Waals surface area contributed by atoms with Crippen LogP contribution in [0.15, 0.2) is 42.2 Å². The molecule has 2 rings (SSSR count). The van der Waals surface area contributed by atoms with Crippen LogP contribution in [0.4, 0.5) is 0 Å². The van der Waals surface area contributed by atoms with Crippen LogP contribution in [0.3, 0.4) is 0 Å². The lowest BCUT2D eigenvalue weighted by Gasteiger charge is -2.18. The minimum Gasteiger partial charge on any atom is -0.490 e. The fourth-order valence-corrected chi connectivity index (χ4v) is 6.67. The Morgan fingerprint density at radius 3 is 1.64 bits per heavy atom. The van der Waals surface area contributed by atoms with Gasteiger partial charge in [-0.25, -0.2) is 0 Å². The molecule has 0 heterocycles. The third kappa shape index (κ3) is 10.0. The Kier molecular flexibility index (Phi) is 14.4. The lowest BCUT2D eigenvalue weighted by atomic mass is 10.0. The van der Waals surface area contributed by atoms with Gasteiger partial charge in [-0.05, 0) is 119 Å². The zero-order chi connectivity index (χ0) is 24.4. The van der Waals surface area contributed by atoms with Crippen LogP contribution in [0, 0.1) is 0 Å². The number of benzene rings is 2. The molecule has 0 saturated heterocycles. The molecule has 33 heavy (non-hydrogen) atoms. The Morgan fingerprint density at radius 2 is 1.21 bits per heavy atom. The van der Waals surface area contributed by atoms with Crippen molar-refractivity contribution in [1.29, 1.82) is 0 Å². The molecule has 10 heteroatoms. The summed E-state index contributed by atoms with van der Waals surface area (Å²) in [7, 11) is 0. The molecule has 0 fully saturated rings. The first kappa shape index (κ1) is 30.1. The van der Waals surface area contributed by atoms with Crippen LogP contribution >= 0.6 is 95.6 Å². The van der Waals surface area contributed by atoms with E-state index in [4.69, 9.17) is 18.9 Å². The topological polar surface area (TPSA) is 36.9 Å². The summed E-state index contributed by atoms with van der Waals surface area (Å²) in [5.41, 5.74) is 2.29. The van der Waals surface area contributed by atoms with Crippen molar-refractivity contribution < 1.29 is 18.9 Å². The largest absolute Gasteiger partial charge is 0.490 e. The molecule has 2 aromatic carbocycles. The fraction of sp³-hybridized carbons (Fsp3) is 0.478. The van der Waals surface area contributed by atoms with E-state index in [1.807, 2.05) is 13.8 Å². The molecule has 0 spiro atoms. The van der Waals surface area contributed by atoms with E-state index < -0.39 is 0 Å². The molecular formula is C23H26Br6O4. The summed E-state index contributed by atoms with van der Waals surface area (Å²) in [6, 6.07) is 8.33. The Morgan fingerprint density at radius 1 is 0.727 bits per heavy atom. The SMILES string of the molecule is CCOCC(Br)COc1c(Br)cc(Cc2cc(Br)c(OCC(CBr)OCC)c(Br)c2)cc1Br. The highest BCUT2D eigenvalue weighted by atomic mass is 79.9. The van der Waals surface area contributed by atoms with E-state index in [1.165, 1.54) is 0 Å². The van der Waals surface area contributed by atoms with Crippen molar-refractivity contribution >= 4 is 95.6 Å². The predicted molar refractivity (Wildman–Crippen MR) is 156 cm³/mol. The standard InChI is InChI=1S/C23H26Br6O4/c1-3-30-11-16(25)12-32-22-18(26)6-14(7-19(22)27)5-15-8-20(28)23(21(29)9-15)33-13-17(10-24)31-4-2/h6-9,16-17H,3-5,10-13H2,1-2H3. The van der Waals surface area contributed by atoms with Gasteiger partial charge in [0, 0.05) is 18.5 Å². The van der Waals surface area contributed by atoms with Crippen molar-refractivity contribution in [1.82, 2.24) is 0 Å². The van der Waals surface area contributed by atoms with Crippen LogP contribution in [0.25, 0.3) is 0 Å². The molecule has 0 bridgehead atoms. The van der Waals surface area contributed by atoms with Crippen LogP contribution in [-0.2, 0) is 15.9 Å². The molecule has 0 aliphatic carbocycles. The second kappa shape index (κ2) is 15.8. The van der Waals surface area contributed by atoms with Crippen molar-refractivity contribution in [3.63, 3.8) is 0 Å². The smallest absolute Gasteiger partial charge is 0.147 e. The normalized spacial score (nSPS) is 13.1. The summed E-state index contributed by atoms with van der Waals surface area (Å²) in [6.07, 6.45) is 0.756. The first-order valence-corrected chi connectivity index (χ1v) is 15.6. The van der Waals surface area contributed by atoms with E-state index in [9.17, 15) is 0 Å². The number of halogens is 6. The first-order chi connectivity index (χ1) is 15.8. The van der Waals surface area contributed by atoms with Crippen LogP contribution in [0.5, 0.6) is 11.5 Å². The highest BCUT2D eigenvalue weighted by molar-refractivity contribution is 9.11. The number of ether oxygens (including phenoxy) is 4. The molecule has 2 atom stereocenters. The quantitative estimate of drug-likeness (QED) is 0.179. The first-order valence-electron chi connectivity index (χ1n) is 10.4. The number of alkyl halides is 2. The molecule has 0 amide bonds. The Hall–Kier alpha value is 0.840. The van der Waals surface area contributed by atoms with Gasteiger partial charge in [0.2, 0.25) is 0 Å². The van der Waals surface area contributed by atoms with Crippen molar-refractivity contribution in [3.8, 4) is 11.5 Å². The third-order valence-corrected chi connectivity index (χ3v) is 8.03. The number of hydrogen-bond acceptors (Lipinski definition) is 4. The summed E-state index contributed by atoms with van der Waals surface area (Å²) in [5.74, 6) is 1.55. The molecule has 2 aromatic rings. The van der Waals surface area contributed by atoms with E-state index in [1.54, 1.807) is 0 Å². The Labute approximate surface area is 246 Å². The molecule has 0 saturated carbocycles. The molecule has 0 aliphatic heterocycles. The number of hydrogen-bond donors (Lipinski definition) is 0. The van der Waals surface area contributed by atoms with Crippen molar-refractivity contribution in [2.75, 3.05) is 38.4 Å². The average Bonchev–Trinajstić information content (AvgIpc) is 2.75. The summed E-state index contributed by atoms with van der Waals surface area (Å²) in [4.78, 5) is 0.129. The van der Waals surface area contributed by atoms with Crippen LogP contribution in [0.2, 0.25) is 0 Å². The molecule has 0 radical (unpaired) electrons. The van der Waals surface area contributed by atoms with Crippen LogP contribution in [-0.4, -0.2) is 49.3 Å². The second-order valence-electron chi connectivity index (χ2n) is 7.06. The van der Waals surface area contributed by atoms with Gasteiger partial charge in [-0.15, -0.1) is 0 Å². The summed E-state index contributed by atoms with van der Waals surface area (Å²) in [6.45, 7) is 6.89. The van der Waals surface area contributed by atoms with E-state index in [-0.39, 0.29) is 10.9 Å². The highest BCUT2D eigenvalue weighted by Gasteiger charge is 2.15. The lowest BCUT2D eigenvalue weighted by Crippen LogP contribution is -2.23. The third-order valence-electron chi connectivity index (χ3n) is 4.42. The Bertz CT molecular complexity index is 849. The molecule has 4 nitrogen and oxygen atoms in total. The molecule has 184 valence electrons. The van der Waals surface area contributed by atoms with Crippen LogP contribution < -0.4 is 9.47 Å². The van der Waals surface area contributed by atoms with Crippen LogP contribution in [0.1, 0.15) is 25.0 Å². The summed E-state index contributed by atoms with van der Waals surface area (Å²) in [5, 5.41) is 0.723. The monoisotopic (exact) mass is 840 g/mol. The molecule has 0 aromatic heterocycles. The Balaban J connectivity index is 2.07. The zero-order valence-electron chi connectivity index (χ0n) is 18.3. The van der Waals surface area contributed by atoms with Gasteiger partial charge in [-0.1, -0.05) is 31.9 Å². The van der Waals surface area contributed by atoms with Gasteiger partial charge in [-0.3, -0.25) is 0 Å². The van der Waals surface area contributed by atoms with Gasteiger partial charge in [0.15, 0.2) is 0 Å². The minimum absolute atomic E-state index is 0.00269. The highest BCUT2D eigenvalue weighted by Crippen LogP contribution is 2.38. The maximum Gasteiger partial charge on any atom is 0.147 e. The zero-order valence-corrected chi connectivity index (χ0v) is 27.8. The molecular weight excluding hydrogens is 820 g/mol. The van der Waals surface area contributed by atoms with Crippen molar-refractivity contribution in [2.45, 2.75) is 31.2 Å². The van der Waals surface area contributed by atoms with Gasteiger partial charge in [0.05, 0.1) is 29.3 Å². The average molecular weight is 846 g/mol. The van der Waals surface area contributed by atoms with Crippen molar-refractivity contribution in [2.24, 2.45) is 0 Å². The maximum atomic E-state index is 6.01. The van der Waals surface area contributed by atoms with Gasteiger partial charge in [0.1, 0.15) is 30.8 Å². The van der Waals surface area contributed by atoms with Gasteiger partial charge < -0.3 is 18.9 Å². The van der Waals surface area contributed by atoms with Crippen molar-refractivity contribution in [3.05, 3.63) is 53.3 Å². The van der Waals surface area contributed by atoms with E-state index in [0.717, 1.165) is 52.3 Å².